The number of benzene rings is 3. The molecule has 6 rings (SSSR count). The van der Waals surface area contributed by atoms with Gasteiger partial charge in [-0.05, 0) is 55.3 Å². The van der Waals surface area contributed by atoms with Crippen LogP contribution in [0, 0.1) is 13.8 Å². The summed E-state index contributed by atoms with van der Waals surface area (Å²) in [5.41, 5.74) is 5.43. The van der Waals surface area contributed by atoms with Gasteiger partial charge >= 0.3 is 0 Å². The number of anilines is 1. The van der Waals surface area contributed by atoms with Crippen molar-refractivity contribution in [1.29, 1.82) is 0 Å². The molecule has 6 nitrogen and oxygen atoms in total. The summed E-state index contributed by atoms with van der Waals surface area (Å²) in [5.74, 6) is -0.605. The summed E-state index contributed by atoms with van der Waals surface area (Å²) < 4.78 is 11.7. The third-order valence-corrected chi connectivity index (χ3v) is 8.68. The van der Waals surface area contributed by atoms with Crippen LogP contribution in [0.1, 0.15) is 50.2 Å². The lowest BCUT2D eigenvalue weighted by atomic mass is 10.0. The summed E-state index contributed by atoms with van der Waals surface area (Å²) in [5, 5.41) is 0. The Kier molecular flexibility index (Phi) is 6.31. The van der Waals surface area contributed by atoms with Crippen LogP contribution >= 0.6 is 11.8 Å². The van der Waals surface area contributed by atoms with E-state index in [0.717, 1.165) is 32.2 Å². The number of aryl methyl sites for hydroxylation is 2. The molecule has 0 aromatic heterocycles. The Morgan fingerprint density at radius 1 is 0.946 bits per heavy atom. The molecule has 0 atom stereocenters. The lowest BCUT2D eigenvalue weighted by Crippen LogP contribution is -2.47. The molecular formula is C30H30N2O4S. The lowest BCUT2D eigenvalue weighted by molar-refractivity contribution is -0.181. The van der Waals surface area contributed by atoms with Crippen LogP contribution in [-0.4, -0.2) is 48.8 Å². The first kappa shape index (κ1) is 24.2. The zero-order valence-electron chi connectivity index (χ0n) is 21.2. The Morgan fingerprint density at radius 3 is 2.49 bits per heavy atom. The lowest BCUT2D eigenvalue weighted by Gasteiger charge is -2.37. The number of hydrogen-bond acceptors (Lipinski definition) is 5. The van der Waals surface area contributed by atoms with E-state index in [0.29, 0.717) is 56.8 Å². The Labute approximate surface area is 221 Å². The van der Waals surface area contributed by atoms with Gasteiger partial charge in [-0.2, -0.15) is 0 Å². The molecule has 2 amide bonds. The zero-order valence-corrected chi connectivity index (χ0v) is 22.0. The quantitative estimate of drug-likeness (QED) is 0.456. The van der Waals surface area contributed by atoms with Crippen molar-refractivity contribution in [3.05, 3.63) is 88.5 Å². The van der Waals surface area contributed by atoms with Gasteiger partial charge in [-0.25, -0.2) is 0 Å². The minimum absolute atomic E-state index is 0.0263. The molecule has 190 valence electrons. The number of carbonyl (C=O) groups excluding carboxylic acids is 2. The Hall–Kier alpha value is -3.13. The molecule has 3 heterocycles. The van der Waals surface area contributed by atoms with Crippen molar-refractivity contribution in [2.75, 3.05) is 31.2 Å². The maximum absolute atomic E-state index is 13.9. The fraction of sp³-hybridized carbons (Fsp3) is 0.333. The molecule has 3 aliphatic heterocycles. The molecule has 3 aliphatic rings. The minimum atomic E-state index is -0.526. The summed E-state index contributed by atoms with van der Waals surface area (Å²) in [6, 6.07) is 19.8. The molecule has 0 saturated carbocycles. The van der Waals surface area contributed by atoms with Gasteiger partial charge in [-0.1, -0.05) is 47.7 Å². The molecule has 0 radical (unpaired) electrons. The molecular weight excluding hydrogens is 484 g/mol. The number of carbonyl (C=O) groups is 2. The van der Waals surface area contributed by atoms with Crippen molar-refractivity contribution in [3.8, 4) is 0 Å². The van der Waals surface area contributed by atoms with Crippen LogP contribution in [0.5, 0.6) is 0 Å². The normalized spacial score (nSPS) is 18.5. The summed E-state index contributed by atoms with van der Waals surface area (Å²) in [6.45, 7) is 6.97. The summed E-state index contributed by atoms with van der Waals surface area (Å²) in [4.78, 5) is 33.1. The Bertz CT molecular complexity index is 1370. The Morgan fingerprint density at radius 2 is 1.70 bits per heavy atom. The number of fused-ring (bicyclic) bond motifs is 2. The Balaban J connectivity index is 1.35. The molecule has 37 heavy (non-hydrogen) atoms. The topological polar surface area (TPSA) is 59.1 Å². The molecule has 0 aliphatic carbocycles. The van der Waals surface area contributed by atoms with Crippen molar-refractivity contribution in [3.63, 3.8) is 0 Å². The van der Waals surface area contributed by atoms with E-state index in [-0.39, 0.29) is 11.8 Å². The number of piperidine rings is 1. The van der Waals surface area contributed by atoms with E-state index < -0.39 is 5.79 Å². The van der Waals surface area contributed by atoms with Gasteiger partial charge in [-0.3, -0.25) is 9.59 Å². The van der Waals surface area contributed by atoms with Crippen molar-refractivity contribution in [2.24, 2.45) is 0 Å². The molecule has 0 unspecified atom stereocenters. The van der Waals surface area contributed by atoms with Crippen LogP contribution in [0.15, 0.2) is 70.5 Å². The smallest absolute Gasteiger partial charge is 0.259 e. The van der Waals surface area contributed by atoms with E-state index in [2.05, 4.69) is 32.0 Å². The van der Waals surface area contributed by atoms with Gasteiger partial charge in [-0.15, -0.1) is 0 Å². The largest absolute Gasteiger partial charge is 0.347 e. The molecule has 0 bridgehead atoms. The number of amides is 2. The summed E-state index contributed by atoms with van der Waals surface area (Å²) >= 11 is 1.58. The van der Waals surface area contributed by atoms with E-state index in [1.807, 2.05) is 52.3 Å². The number of nitrogens with zero attached hydrogens (tertiary/aromatic N) is 2. The van der Waals surface area contributed by atoms with Crippen LogP contribution < -0.4 is 4.90 Å². The second-order valence-electron chi connectivity index (χ2n) is 10.0. The van der Waals surface area contributed by atoms with Crippen LogP contribution in [0.2, 0.25) is 0 Å². The molecule has 3 aromatic rings. The zero-order chi connectivity index (χ0) is 25.6. The summed E-state index contributed by atoms with van der Waals surface area (Å²) in [7, 11) is 0. The third kappa shape index (κ3) is 4.56. The van der Waals surface area contributed by atoms with Crippen LogP contribution in [0.3, 0.4) is 0 Å². The van der Waals surface area contributed by atoms with Gasteiger partial charge < -0.3 is 19.3 Å². The third-order valence-electron chi connectivity index (χ3n) is 7.54. The van der Waals surface area contributed by atoms with Gasteiger partial charge in [0.15, 0.2) is 5.79 Å². The average Bonchev–Trinajstić information content (AvgIpc) is 3.33. The highest BCUT2D eigenvalue weighted by atomic mass is 32.2. The molecule has 1 spiro atoms. The number of hydrogen-bond donors (Lipinski definition) is 0. The van der Waals surface area contributed by atoms with E-state index >= 15 is 0 Å². The fourth-order valence-electron chi connectivity index (χ4n) is 5.37. The van der Waals surface area contributed by atoms with Crippen molar-refractivity contribution < 1.29 is 19.1 Å². The number of ether oxygens (including phenoxy) is 2. The maximum Gasteiger partial charge on any atom is 0.259 e. The van der Waals surface area contributed by atoms with E-state index in [9.17, 15) is 9.59 Å². The van der Waals surface area contributed by atoms with Crippen molar-refractivity contribution in [2.45, 2.75) is 48.8 Å². The second-order valence-corrected chi connectivity index (χ2v) is 11.1. The molecule has 0 N–H and O–H groups in total. The standard InChI is InChI=1S/C30H30N2O4S/c1-20-7-8-21(2)23(17-20)19-32-25-18-22(28(33)31-13-11-30(12-14-31)35-15-16-36-30)9-10-27(25)37-26-6-4-3-5-24(26)29(32)34/h3-10,17-18H,11-16,19H2,1-2H3. The molecule has 7 heteroatoms. The molecule has 3 aromatic carbocycles. The maximum atomic E-state index is 13.9. The number of likely N-dealkylation sites (tertiary alicyclic amines) is 1. The van der Waals surface area contributed by atoms with Gasteiger partial charge in [0.2, 0.25) is 0 Å². The highest BCUT2D eigenvalue weighted by molar-refractivity contribution is 7.99. The van der Waals surface area contributed by atoms with Crippen molar-refractivity contribution >= 4 is 29.3 Å². The van der Waals surface area contributed by atoms with Crippen LogP contribution in [0.4, 0.5) is 5.69 Å². The van der Waals surface area contributed by atoms with Gasteiger partial charge in [0.25, 0.3) is 11.8 Å². The predicted molar refractivity (Wildman–Crippen MR) is 143 cm³/mol. The van der Waals surface area contributed by atoms with Gasteiger partial charge in [0.1, 0.15) is 0 Å². The second kappa shape index (κ2) is 9.63. The van der Waals surface area contributed by atoms with Gasteiger partial charge in [0.05, 0.1) is 31.0 Å². The highest BCUT2D eigenvalue weighted by Crippen LogP contribution is 2.43. The SMILES string of the molecule is Cc1ccc(C)c(CN2C(=O)c3ccccc3Sc3ccc(C(=O)N4CCC5(CC4)OCCO5)cc32)c1. The molecule has 2 saturated heterocycles. The predicted octanol–water partition coefficient (Wildman–Crippen LogP) is 5.59. The first-order valence-electron chi connectivity index (χ1n) is 12.8. The van der Waals surface area contributed by atoms with Crippen LogP contribution in [-0.2, 0) is 16.0 Å². The first-order valence-corrected chi connectivity index (χ1v) is 13.6. The first-order chi connectivity index (χ1) is 17.9. The van der Waals surface area contributed by atoms with E-state index in [1.165, 1.54) is 0 Å². The van der Waals surface area contributed by atoms with Gasteiger partial charge in [0, 0.05) is 41.3 Å². The number of rotatable bonds is 3. The van der Waals surface area contributed by atoms with E-state index in [4.69, 9.17) is 9.47 Å². The monoisotopic (exact) mass is 514 g/mol. The fourth-order valence-corrected chi connectivity index (χ4v) is 6.43. The minimum Gasteiger partial charge on any atom is -0.347 e. The summed E-state index contributed by atoms with van der Waals surface area (Å²) in [6.07, 6.45) is 1.35. The van der Waals surface area contributed by atoms with Crippen molar-refractivity contribution in [1.82, 2.24) is 4.90 Å². The molecule has 2 fully saturated rings. The van der Waals surface area contributed by atoms with E-state index in [1.54, 1.807) is 11.8 Å². The van der Waals surface area contributed by atoms with Crippen LogP contribution in [0.25, 0.3) is 0 Å². The highest BCUT2D eigenvalue weighted by Gasteiger charge is 2.41. The average molecular weight is 515 g/mol.